The molecular formula is C22H23N7O3. The predicted octanol–water partition coefficient (Wildman–Crippen LogP) is 3.41. The van der Waals surface area contributed by atoms with Crippen LogP contribution in [0.25, 0.3) is 11.3 Å². The molecule has 0 aliphatic carbocycles. The zero-order valence-electron chi connectivity index (χ0n) is 18.2. The van der Waals surface area contributed by atoms with Gasteiger partial charge < -0.3 is 15.2 Å². The van der Waals surface area contributed by atoms with Gasteiger partial charge in [-0.05, 0) is 20.8 Å². The van der Waals surface area contributed by atoms with E-state index in [4.69, 9.17) is 4.52 Å². The van der Waals surface area contributed by atoms with Gasteiger partial charge in [0.05, 0.1) is 29.5 Å². The predicted molar refractivity (Wildman–Crippen MR) is 118 cm³/mol. The molecule has 164 valence electrons. The van der Waals surface area contributed by atoms with E-state index in [1.165, 1.54) is 10.9 Å². The Morgan fingerprint density at radius 3 is 2.34 bits per heavy atom. The van der Waals surface area contributed by atoms with Crippen LogP contribution in [0.2, 0.25) is 0 Å². The number of aromatic nitrogens is 5. The van der Waals surface area contributed by atoms with Gasteiger partial charge in [0, 0.05) is 25.2 Å². The van der Waals surface area contributed by atoms with Crippen molar-refractivity contribution in [2.45, 2.75) is 27.3 Å². The van der Waals surface area contributed by atoms with Gasteiger partial charge in [0.2, 0.25) is 0 Å². The Morgan fingerprint density at radius 1 is 1.00 bits per heavy atom. The first kappa shape index (κ1) is 21.0. The summed E-state index contributed by atoms with van der Waals surface area (Å²) in [7, 11) is 1.79. The molecule has 0 saturated carbocycles. The fourth-order valence-electron chi connectivity index (χ4n) is 3.18. The molecule has 0 bridgehead atoms. The fraction of sp³-hybridized carbons (Fsp3) is 0.227. The average Bonchev–Trinajstić information content (AvgIpc) is 3.50. The van der Waals surface area contributed by atoms with Crippen molar-refractivity contribution < 1.29 is 14.1 Å². The number of aryl methyl sites for hydroxylation is 3. The number of hydrogen-bond donors (Lipinski definition) is 2. The summed E-state index contributed by atoms with van der Waals surface area (Å²) in [6, 6.07) is 9.25. The molecular weight excluding hydrogens is 410 g/mol. The molecule has 1 aromatic carbocycles. The highest BCUT2D eigenvalue weighted by molar-refractivity contribution is 6.11. The second kappa shape index (κ2) is 8.50. The third-order valence-corrected chi connectivity index (χ3v) is 5.16. The Labute approximate surface area is 184 Å². The molecule has 4 aromatic rings. The topological polar surface area (TPSA) is 120 Å². The van der Waals surface area contributed by atoms with E-state index < -0.39 is 11.8 Å². The highest BCUT2D eigenvalue weighted by atomic mass is 16.5. The second-order valence-corrected chi connectivity index (χ2v) is 7.34. The van der Waals surface area contributed by atoms with Crippen LogP contribution in [0.1, 0.15) is 39.2 Å². The summed E-state index contributed by atoms with van der Waals surface area (Å²) in [5.41, 5.74) is 3.91. The van der Waals surface area contributed by atoms with Crippen LogP contribution < -0.4 is 10.6 Å². The maximum atomic E-state index is 13.0. The van der Waals surface area contributed by atoms with Crippen LogP contribution in [0.4, 0.5) is 11.4 Å². The summed E-state index contributed by atoms with van der Waals surface area (Å²) >= 11 is 0. The van der Waals surface area contributed by atoms with Gasteiger partial charge >= 0.3 is 0 Å². The Hall–Kier alpha value is -4.21. The van der Waals surface area contributed by atoms with Crippen molar-refractivity contribution in [3.8, 4) is 11.3 Å². The minimum atomic E-state index is -0.505. The number of carbonyl (C=O) groups is 2. The van der Waals surface area contributed by atoms with E-state index >= 15 is 0 Å². The van der Waals surface area contributed by atoms with Gasteiger partial charge in [0.25, 0.3) is 11.8 Å². The number of rotatable bonds is 6. The lowest BCUT2D eigenvalue weighted by Gasteiger charge is -2.09. The Kier molecular flexibility index (Phi) is 5.59. The van der Waals surface area contributed by atoms with Gasteiger partial charge in [-0.3, -0.25) is 19.0 Å². The highest BCUT2D eigenvalue weighted by Gasteiger charge is 2.23. The van der Waals surface area contributed by atoms with Crippen LogP contribution in [0.3, 0.4) is 0 Å². The van der Waals surface area contributed by atoms with Gasteiger partial charge in [-0.25, -0.2) is 0 Å². The maximum Gasteiger partial charge on any atom is 0.277 e. The molecule has 0 unspecified atom stereocenters. The van der Waals surface area contributed by atoms with Crippen LogP contribution >= 0.6 is 0 Å². The van der Waals surface area contributed by atoms with Gasteiger partial charge in [0.1, 0.15) is 5.69 Å². The van der Waals surface area contributed by atoms with Crippen LogP contribution in [-0.4, -0.2) is 36.5 Å². The van der Waals surface area contributed by atoms with Crippen molar-refractivity contribution in [2.75, 3.05) is 10.6 Å². The van der Waals surface area contributed by atoms with Crippen LogP contribution in [0.5, 0.6) is 0 Å². The van der Waals surface area contributed by atoms with Crippen molar-refractivity contribution in [1.29, 1.82) is 0 Å². The normalized spacial score (nSPS) is 10.9. The first-order chi connectivity index (χ1) is 15.4. The summed E-state index contributed by atoms with van der Waals surface area (Å²) in [5, 5.41) is 17.7. The second-order valence-electron chi connectivity index (χ2n) is 7.34. The van der Waals surface area contributed by atoms with Crippen molar-refractivity contribution in [3.63, 3.8) is 0 Å². The lowest BCUT2D eigenvalue weighted by Crippen LogP contribution is -2.21. The SMILES string of the molecule is CCn1ncc(NC(=O)c2cc(-c3ccc(C)cc3)on2)c1C(=O)Nc1cnn(C)c1C. The van der Waals surface area contributed by atoms with Crippen molar-refractivity contribution in [1.82, 2.24) is 24.7 Å². The molecule has 2 amide bonds. The minimum Gasteiger partial charge on any atom is -0.355 e. The Balaban J connectivity index is 1.55. The Morgan fingerprint density at radius 2 is 1.69 bits per heavy atom. The molecule has 0 saturated heterocycles. The summed E-state index contributed by atoms with van der Waals surface area (Å²) in [6.45, 7) is 6.14. The third kappa shape index (κ3) is 4.02. The molecule has 2 N–H and O–H groups in total. The van der Waals surface area contributed by atoms with Crippen LogP contribution in [0.15, 0.2) is 47.2 Å². The van der Waals surface area contributed by atoms with E-state index in [9.17, 15) is 9.59 Å². The zero-order valence-corrected chi connectivity index (χ0v) is 18.2. The Bertz CT molecular complexity index is 1280. The lowest BCUT2D eigenvalue weighted by atomic mass is 10.1. The number of anilines is 2. The summed E-state index contributed by atoms with van der Waals surface area (Å²) in [5.74, 6) is -0.435. The van der Waals surface area contributed by atoms with E-state index in [1.807, 2.05) is 45.0 Å². The summed E-state index contributed by atoms with van der Waals surface area (Å²) < 4.78 is 8.50. The smallest absolute Gasteiger partial charge is 0.277 e. The van der Waals surface area contributed by atoms with Crippen molar-refractivity contribution in [2.24, 2.45) is 7.05 Å². The molecule has 10 nitrogen and oxygen atoms in total. The molecule has 0 radical (unpaired) electrons. The van der Waals surface area contributed by atoms with Crippen molar-refractivity contribution in [3.05, 3.63) is 65.4 Å². The molecule has 0 atom stereocenters. The van der Waals surface area contributed by atoms with Gasteiger partial charge in [-0.1, -0.05) is 35.0 Å². The highest BCUT2D eigenvalue weighted by Crippen LogP contribution is 2.23. The molecule has 0 aliphatic rings. The molecule has 3 heterocycles. The maximum absolute atomic E-state index is 13.0. The lowest BCUT2D eigenvalue weighted by molar-refractivity contribution is 0.101. The van der Waals surface area contributed by atoms with Crippen LogP contribution in [-0.2, 0) is 13.6 Å². The quantitative estimate of drug-likeness (QED) is 0.481. The molecule has 4 rings (SSSR count). The first-order valence-electron chi connectivity index (χ1n) is 10.1. The van der Waals surface area contributed by atoms with Crippen LogP contribution in [0, 0.1) is 13.8 Å². The zero-order chi connectivity index (χ0) is 22.8. The molecule has 0 fully saturated rings. The van der Waals surface area contributed by atoms with E-state index in [-0.39, 0.29) is 17.1 Å². The molecule has 32 heavy (non-hydrogen) atoms. The third-order valence-electron chi connectivity index (χ3n) is 5.16. The number of nitrogens with one attached hydrogen (secondary N) is 2. The number of amides is 2. The van der Waals surface area contributed by atoms with E-state index in [0.29, 0.717) is 18.0 Å². The molecule has 10 heteroatoms. The first-order valence-corrected chi connectivity index (χ1v) is 10.1. The number of carbonyl (C=O) groups excluding carboxylic acids is 2. The number of nitrogens with zero attached hydrogens (tertiary/aromatic N) is 5. The van der Waals surface area contributed by atoms with Crippen molar-refractivity contribution >= 4 is 23.2 Å². The summed E-state index contributed by atoms with van der Waals surface area (Å²) in [4.78, 5) is 25.8. The fourth-order valence-corrected chi connectivity index (χ4v) is 3.18. The van der Waals surface area contributed by atoms with Gasteiger partial charge in [-0.15, -0.1) is 0 Å². The average molecular weight is 433 g/mol. The van der Waals surface area contributed by atoms with E-state index in [0.717, 1.165) is 16.8 Å². The number of hydrogen-bond acceptors (Lipinski definition) is 6. The minimum absolute atomic E-state index is 0.0966. The van der Waals surface area contributed by atoms with E-state index in [2.05, 4.69) is 26.0 Å². The molecule has 0 aliphatic heterocycles. The van der Waals surface area contributed by atoms with Gasteiger partial charge in [0.15, 0.2) is 11.5 Å². The summed E-state index contributed by atoms with van der Waals surface area (Å²) in [6.07, 6.45) is 3.01. The number of benzene rings is 1. The van der Waals surface area contributed by atoms with Gasteiger partial charge in [-0.2, -0.15) is 10.2 Å². The standard InChI is InChI=1S/C22H23N7O3/c1-5-29-20(22(31)25-17-11-23-28(4)14(17)3)18(12-24-29)26-21(30)16-10-19(32-27-16)15-8-6-13(2)7-9-15/h6-12H,5H2,1-4H3,(H,25,31)(H,26,30). The monoisotopic (exact) mass is 433 g/mol. The molecule has 0 spiro atoms. The molecule has 3 aromatic heterocycles. The largest absolute Gasteiger partial charge is 0.355 e. The van der Waals surface area contributed by atoms with E-state index in [1.54, 1.807) is 24.0 Å².